The van der Waals surface area contributed by atoms with E-state index in [9.17, 15) is 4.79 Å². The number of imidazole rings is 1. The van der Waals surface area contributed by atoms with Crippen LogP contribution in [-0.4, -0.2) is 45.3 Å². The van der Waals surface area contributed by atoms with Crippen LogP contribution in [0.25, 0.3) is 11.0 Å². The van der Waals surface area contributed by atoms with Crippen molar-refractivity contribution in [2.75, 3.05) is 29.6 Å². The van der Waals surface area contributed by atoms with Gasteiger partial charge in [0.1, 0.15) is 5.82 Å². The zero-order valence-electron chi connectivity index (χ0n) is 20.3. The maximum absolute atomic E-state index is 10.7. The molecule has 0 fully saturated rings. The van der Waals surface area contributed by atoms with Crippen LogP contribution in [0.1, 0.15) is 29.6 Å². The minimum Gasteiger partial charge on any atom is -0.481 e. The quantitative estimate of drug-likeness (QED) is 0.692. The van der Waals surface area contributed by atoms with Gasteiger partial charge in [-0.1, -0.05) is 0 Å². The molecule has 0 atom stereocenters. The van der Waals surface area contributed by atoms with Crippen molar-refractivity contribution in [2.45, 2.75) is 19.3 Å². The first-order valence-corrected chi connectivity index (χ1v) is 7.52. The molecule has 0 spiro atoms. The predicted molar refractivity (Wildman–Crippen MR) is 94.9 cm³/mol. The number of benzene rings is 1. The number of aromatic nitrogens is 2. The number of fused-ring (bicyclic) bond motifs is 1. The van der Waals surface area contributed by atoms with Crippen LogP contribution < -0.4 is 4.90 Å². The first kappa shape index (κ1) is 9.74. The minimum absolute atomic E-state index is 0.0434. The summed E-state index contributed by atoms with van der Waals surface area (Å²) in [6.45, 7) is -6.43. The fourth-order valence-electron chi connectivity index (χ4n) is 2.24. The Hall–Kier alpha value is -1.46. The number of hydrogen-bond acceptors (Lipinski definition) is 3. The van der Waals surface area contributed by atoms with Crippen molar-refractivity contribution in [1.82, 2.24) is 9.55 Å². The second kappa shape index (κ2) is 8.41. The summed E-state index contributed by atoms with van der Waals surface area (Å²) in [6, 6.07) is 4.05. The molecule has 0 unspecified atom stereocenters. The van der Waals surface area contributed by atoms with Gasteiger partial charge < -0.3 is 14.6 Å². The summed E-state index contributed by atoms with van der Waals surface area (Å²) in [4.78, 5) is 15.3. The average molecular weight is 366 g/mol. The molecule has 2 rings (SSSR count). The maximum Gasteiger partial charge on any atom is 0.303 e. The third-order valence-electron chi connectivity index (χ3n) is 3.31. The molecule has 0 aliphatic heterocycles. The number of carbonyl (C=O) groups is 1. The fourth-order valence-corrected chi connectivity index (χ4v) is 2.41. The van der Waals surface area contributed by atoms with Gasteiger partial charge >= 0.3 is 5.97 Å². The average Bonchev–Trinajstić information content (AvgIpc) is 2.88. The lowest BCUT2D eigenvalue weighted by Crippen LogP contribution is -2.27. The van der Waals surface area contributed by atoms with Crippen molar-refractivity contribution < 1.29 is 20.9 Å². The van der Waals surface area contributed by atoms with E-state index in [1.165, 1.54) is 18.2 Å². The number of aliphatic carboxylic acids is 1. The lowest BCUT2D eigenvalue weighted by atomic mass is 10.2. The summed E-state index contributed by atoms with van der Waals surface area (Å²) in [5.74, 6) is -6.61. The molecule has 0 amide bonds. The maximum atomic E-state index is 10.7. The lowest BCUT2D eigenvalue weighted by molar-refractivity contribution is -0.137. The summed E-state index contributed by atoms with van der Waals surface area (Å²) >= 11 is 11.1. The van der Waals surface area contributed by atoms with Gasteiger partial charge in [-0.15, -0.1) is 23.2 Å². The topological polar surface area (TPSA) is 58.4 Å². The summed E-state index contributed by atoms with van der Waals surface area (Å²) in [5, 5.41) is 8.80. The third kappa shape index (κ3) is 4.52. The minimum atomic E-state index is -3.22. The number of aryl methyl sites for hydroxylation is 2. The van der Waals surface area contributed by atoms with Gasteiger partial charge in [0, 0.05) is 55.7 Å². The summed E-state index contributed by atoms with van der Waals surface area (Å²) < 4.78 is 64.7. The normalized spacial score (nSPS) is 18.7. The molecule has 0 saturated carbocycles. The van der Waals surface area contributed by atoms with Crippen molar-refractivity contribution in [2.24, 2.45) is 7.05 Å². The molecule has 1 aromatic carbocycles. The monoisotopic (exact) mass is 365 g/mol. The first-order chi connectivity index (χ1) is 13.9. The van der Waals surface area contributed by atoms with E-state index in [4.69, 9.17) is 39.3 Å². The van der Waals surface area contributed by atoms with Gasteiger partial charge in [-0.3, -0.25) is 4.79 Å². The molecule has 23 heavy (non-hydrogen) atoms. The Labute approximate surface area is 157 Å². The summed E-state index contributed by atoms with van der Waals surface area (Å²) in [5.41, 5.74) is 0.650. The standard InChI is InChI=1S/C16H21Cl2N3O2/c1-20-14-6-5-12(21(9-7-17)10-8-18)11-13(14)19-15(20)3-2-4-16(22)23/h5-6,11H,2-4,7-10H2,1H3,(H,22,23)/i7D2,8D2,9D2,10D2. The molecule has 0 bridgehead atoms. The van der Waals surface area contributed by atoms with Gasteiger partial charge in [-0.05, 0) is 24.6 Å². The van der Waals surface area contributed by atoms with Gasteiger partial charge in [0.2, 0.25) is 0 Å². The zero-order chi connectivity index (χ0) is 24.0. The van der Waals surface area contributed by atoms with Gasteiger partial charge in [0.25, 0.3) is 0 Å². The number of rotatable bonds is 9. The number of alkyl halides is 2. The molecule has 0 aliphatic carbocycles. The molecule has 1 heterocycles. The molecule has 126 valence electrons. The largest absolute Gasteiger partial charge is 0.481 e. The van der Waals surface area contributed by atoms with Crippen LogP contribution in [0.2, 0.25) is 0 Å². The second-order valence-electron chi connectivity index (χ2n) is 4.76. The van der Waals surface area contributed by atoms with E-state index < -0.39 is 30.6 Å². The molecule has 5 nitrogen and oxygen atoms in total. The highest BCUT2D eigenvalue weighted by Gasteiger charge is 2.11. The van der Waals surface area contributed by atoms with Crippen molar-refractivity contribution in [3.8, 4) is 0 Å². The lowest BCUT2D eigenvalue weighted by Gasteiger charge is -2.22. The molecular formula is C16H21Cl2N3O2. The highest BCUT2D eigenvalue weighted by molar-refractivity contribution is 6.18. The van der Waals surface area contributed by atoms with Gasteiger partial charge in [0.05, 0.1) is 16.5 Å². The van der Waals surface area contributed by atoms with Crippen LogP contribution >= 0.6 is 23.2 Å². The van der Waals surface area contributed by atoms with Gasteiger partial charge in [-0.2, -0.15) is 0 Å². The molecule has 2 aromatic rings. The Balaban J connectivity index is 2.61. The van der Waals surface area contributed by atoms with Gasteiger partial charge in [-0.25, -0.2) is 4.98 Å². The van der Waals surface area contributed by atoms with E-state index in [1.54, 1.807) is 11.6 Å². The highest BCUT2D eigenvalue weighted by atomic mass is 35.5. The smallest absolute Gasteiger partial charge is 0.303 e. The van der Waals surface area contributed by atoms with Crippen LogP contribution in [-0.2, 0) is 18.3 Å². The first-order valence-electron chi connectivity index (χ1n) is 10.8. The molecule has 0 radical (unpaired) electrons. The van der Waals surface area contributed by atoms with Crippen LogP contribution in [0.5, 0.6) is 0 Å². The SMILES string of the molecule is [2H]C([2H])(Cl)C([2H])([2H])N(c1ccc2c(c1)nc(CCCC(=O)O)n2C)C([2H])([2H])C([2H])([2H])Cl. The van der Waals surface area contributed by atoms with Crippen LogP contribution in [0, 0.1) is 0 Å². The zero-order valence-corrected chi connectivity index (χ0v) is 13.8. The Bertz CT molecular complexity index is 946. The van der Waals surface area contributed by atoms with Crippen molar-refractivity contribution in [1.29, 1.82) is 0 Å². The van der Waals surface area contributed by atoms with E-state index in [2.05, 4.69) is 4.98 Å². The van der Waals surface area contributed by atoms with Crippen LogP contribution in [0.4, 0.5) is 5.69 Å². The molecule has 0 aliphatic rings. The summed E-state index contributed by atoms with van der Waals surface area (Å²) in [6.07, 6.45) is 0.653. The van der Waals surface area contributed by atoms with E-state index in [0.717, 1.165) is 0 Å². The number of carboxylic acids is 1. The van der Waals surface area contributed by atoms with Crippen LogP contribution in [0.3, 0.4) is 0 Å². The van der Waals surface area contributed by atoms with Crippen molar-refractivity contribution >= 4 is 45.9 Å². The highest BCUT2D eigenvalue weighted by Crippen LogP contribution is 2.23. The Kier molecular flexibility index (Phi) is 3.56. The number of anilines is 1. The predicted octanol–water partition coefficient (Wildman–Crippen LogP) is 3.26. The Morgan fingerprint density at radius 2 is 2.09 bits per heavy atom. The van der Waals surface area contributed by atoms with Crippen molar-refractivity contribution in [3.05, 3.63) is 24.0 Å². The molecule has 7 heteroatoms. The molecule has 0 saturated heterocycles. The van der Waals surface area contributed by atoms with E-state index in [0.29, 0.717) is 29.7 Å². The van der Waals surface area contributed by atoms with E-state index in [-0.39, 0.29) is 17.0 Å². The molecular weight excluding hydrogens is 337 g/mol. The van der Waals surface area contributed by atoms with Crippen molar-refractivity contribution in [3.63, 3.8) is 0 Å². The fraction of sp³-hybridized carbons (Fsp3) is 0.500. The number of carboxylic acid groups (broad SMARTS) is 1. The van der Waals surface area contributed by atoms with Crippen LogP contribution in [0.15, 0.2) is 18.2 Å². The molecule has 1 aromatic heterocycles. The van der Waals surface area contributed by atoms with Gasteiger partial charge in [0.15, 0.2) is 0 Å². The Morgan fingerprint density at radius 1 is 1.39 bits per heavy atom. The summed E-state index contributed by atoms with van der Waals surface area (Å²) in [7, 11) is 1.70. The number of nitrogens with zero attached hydrogens (tertiary/aromatic N) is 3. The Morgan fingerprint density at radius 3 is 2.70 bits per heavy atom. The second-order valence-corrected chi connectivity index (χ2v) is 5.13. The number of hydrogen-bond donors (Lipinski definition) is 1. The molecule has 1 N–H and O–H groups in total. The third-order valence-corrected chi connectivity index (χ3v) is 3.48. The van der Waals surface area contributed by atoms with E-state index >= 15 is 0 Å². The van der Waals surface area contributed by atoms with E-state index in [1.807, 2.05) is 0 Å². The number of halogens is 2.